The number of fused-ring (bicyclic) bond motifs is 1. The third-order valence-electron chi connectivity index (χ3n) is 3.34. The summed E-state index contributed by atoms with van der Waals surface area (Å²) in [6.07, 6.45) is -0.426. The Bertz CT molecular complexity index is 479. The van der Waals surface area contributed by atoms with Gasteiger partial charge >= 0.3 is 5.97 Å². The van der Waals surface area contributed by atoms with Gasteiger partial charge in [-0.15, -0.1) is 0 Å². The highest BCUT2D eigenvalue weighted by molar-refractivity contribution is 5.75. The molecule has 0 saturated heterocycles. The molecule has 0 spiro atoms. The van der Waals surface area contributed by atoms with Crippen LogP contribution in [0.2, 0.25) is 0 Å². The fourth-order valence-corrected chi connectivity index (χ4v) is 2.44. The Kier molecular flexibility index (Phi) is 3.65. The molecule has 0 radical (unpaired) electrons. The van der Waals surface area contributed by atoms with Crippen molar-refractivity contribution < 1.29 is 14.6 Å². The van der Waals surface area contributed by atoms with Crippen molar-refractivity contribution >= 4 is 5.97 Å². The number of benzene rings is 1. The van der Waals surface area contributed by atoms with Gasteiger partial charge in [0.1, 0.15) is 5.60 Å². The zero-order chi connectivity index (χ0) is 14.2. The van der Waals surface area contributed by atoms with Crippen molar-refractivity contribution in [3.63, 3.8) is 0 Å². The number of carbonyl (C=O) groups excluding carboxylic acids is 1. The molecule has 3 unspecified atom stereocenters. The quantitative estimate of drug-likeness (QED) is 0.754. The molecule has 0 fully saturated rings. The van der Waals surface area contributed by atoms with Gasteiger partial charge < -0.3 is 15.6 Å². The summed E-state index contributed by atoms with van der Waals surface area (Å²) in [6, 6.07) is 7.10. The Morgan fingerprint density at radius 3 is 2.63 bits per heavy atom. The summed E-state index contributed by atoms with van der Waals surface area (Å²) >= 11 is 0. The lowest BCUT2D eigenvalue weighted by Crippen LogP contribution is -2.44. The summed E-state index contributed by atoms with van der Waals surface area (Å²) in [4.78, 5) is 12.1. The number of rotatable bonds is 1. The fourth-order valence-electron chi connectivity index (χ4n) is 2.44. The SMILES string of the molecule is CC(C)(C)OC(=O)C1Cc2ccccc2C(N)C1O. The maximum absolute atomic E-state index is 12.1. The molecule has 3 N–H and O–H groups in total. The molecule has 104 valence electrons. The lowest BCUT2D eigenvalue weighted by Gasteiger charge is -2.34. The Morgan fingerprint density at radius 1 is 1.37 bits per heavy atom. The van der Waals surface area contributed by atoms with Crippen molar-refractivity contribution in [2.75, 3.05) is 0 Å². The molecule has 0 aliphatic heterocycles. The van der Waals surface area contributed by atoms with E-state index >= 15 is 0 Å². The monoisotopic (exact) mass is 263 g/mol. The summed E-state index contributed by atoms with van der Waals surface area (Å²) in [5, 5.41) is 10.2. The first-order chi connectivity index (χ1) is 8.79. The van der Waals surface area contributed by atoms with Gasteiger partial charge in [-0.2, -0.15) is 0 Å². The molecular formula is C15H21NO3. The highest BCUT2D eigenvalue weighted by Crippen LogP contribution is 2.33. The normalized spacial score (nSPS) is 26.7. The molecule has 0 heterocycles. The minimum atomic E-state index is -0.898. The fraction of sp³-hybridized carbons (Fsp3) is 0.533. The Labute approximate surface area is 113 Å². The molecule has 1 aromatic carbocycles. The second-order valence-corrected chi connectivity index (χ2v) is 6.06. The number of carbonyl (C=O) groups is 1. The maximum atomic E-state index is 12.1. The van der Waals surface area contributed by atoms with Gasteiger partial charge in [0, 0.05) is 0 Å². The van der Waals surface area contributed by atoms with Crippen LogP contribution >= 0.6 is 0 Å². The third-order valence-corrected chi connectivity index (χ3v) is 3.34. The highest BCUT2D eigenvalue weighted by atomic mass is 16.6. The van der Waals surface area contributed by atoms with Crippen LogP contribution in [0.5, 0.6) is 0 Å². The van der Waals surface area contributed by atoms with Crippen molar-refractivity contribution in [1.82, 2.24) is 0 Å². The summed E-state index contributed by atoms with van der Waals surface area (Å²) in [6.45, 7) is 5.44. The summed E-state index contributed by atoms with van der Waals surface area (Å²) in [5.74, 6) is -0.978. The van der Waals surface area contributed by atoms with E-state index in [4.69, 9.17) is 10.5 Å². The average molecular weight is 263 g/mol. The molecule has 0 bridgehead atoms. The molecule has 4 heteroatoms. The summed E-state index contributed by atoms with van der Waals surface area (Å²) < 4.78 is 5.36. The van der Waals surface area contributed by atoms with E-state index in [2.05, 4.69) is 0 Å². The lowest BCUT2D eigenvalue weighted by molar-refractivity contribution is -0.165. The number of aliphatic hydroxyl groups excluding tert-OH is 1. The van der Waals surface area contributed by atoms with Crippen LogP contribution < -0.4 is 5.73 Å². The van der Waals surface area contributed by atoms with E-state index in [0.717, 1.165) is 11.1 Å². The number of hydrogen-bond acceptors (Lipinski definition) is 4. The number of hydrogen-bond donors (Lipinski definition) is 2. The highest BCUT2D eigenvalue weighted by Gasteiger charge is 2.39. The van der Waals surface area contributed by atoms with Crippen LogP contribution in [0.25, 0.3) is 0 Å². The van der Waals surface area contributed by atoms with Gasteiger partial charge in [-0.3, -0.25) is 4.79 Å². The number of nitrogens with two attached hydrogens (primary N) is 1. The van der Waals surface area contributed by atoms with E-state index in [1.54, 1.807) is 0 Å². The van der Waals surface area contributed by atoms with Crippen molar-refractivity contribution in [1.29, 1.82) is 0 Å². The molecule has 2 rings (SSSR count). The van der Waals surface area contributed by atoms with Crippen LogP contribution in [0.4, 0.5) is 0 Å². The van der Waals surface area contributed by atoms with E-state index in [0.29, 0.717) is 6.42 Å². The molecule has 3 atom stereocenters. The first-order valence-electron chi connectivity index (χ1n) is 6.54. The topological polar surface area (TPSA) is 72.5 Å². The van der Waals surface area contributed by atoms with Crippen LogP contribution in [0.15, 0.2) is 24.3 Å². The lowest BCUT2D eigenvalue weighted by atomic mass is 9.79. The van der Waals surface area contributed by atoms with E-state index in [1.165, 1.54) is 0 Å². The zero-order valence-electron chi connectivity index (χ0n) is 11.6. The zero-order valence-corrected chi connectivity index (χ0v) is 11.6. The van der Waals surface area contributed by atoms with E-state index < -0.39 is 23.7 Å². The van der Waals surface area contributed by atoms with Gasteiger partial charge in [-0.05, 0) is 38.3 Å². The molecule has 0 amide bonds. The van der Waals surface area contributed by atoms with Crippen molar-refractivity contribution in [3.8, 4) is 0 Å². The van der Waals surface area contributed by atoms with Crippen molar-refractivity contribution in [2.45, 2.75) is 44.9 Å². The van der Waals surface area contributed by atoms with Crippen LogP contribution in [0, 0.1) is 5.92 Å². The molecule has 19 heavy (non-hydrogen) atoms. The molecule has 0 aromatic heterocycles. The standard InChI is InChI=1S/C15H21NO3/c1-15(2,3)19-14(18)11-8-9-6-4-5-7-10(9)12(16)13(11)17/h4-7,11-13,17H,8,16H2,1-3H3. The number of aliphatic hydroxyl groups is 1. The summed E-state index contributed by atoms with van der Waals surface area (Å²) in [5.41, 5.74) is 7.39. The summed E-state index contributed by atoms with van der Waals surface area (Å²) in [7, 11) is 0. The largest absolute Gasteiger partial charge is 0.460 e. The molecule has 0 saturated carbocycles. The predicted molar refractivity (Wildman–Crippen MR) is 72.4 cm³/mol. The maximum Gasteiger partial charge on any atom is 0.312 e. The second kappa shape index (κ2) is 4.94. The first-order valence-corrected chi connectivity index (χ1v) is 6.54. The molecular weight excluding hydrogens is 242 g/mol. The molecule has 4 nitrogen and oxygen atoms in total. The Balaban J connectivity index is 2.23. The average Bonchev–Trinajstić information content (AvgIpc) is 2.31. The molecule has 1 aromatic rings. The van der Waals surface area contributed by atoms with Gasteiger partial charge in [0.25, 0.3) is 0 Å². The predicted octanol–water partition coefficient (Wildman–Crippen LogP) is 1.56. The third kappa shape index (κ3) is 2.96. The number of ether oxygens (including phenoxy) is 1. The molecule has 1 aliphatic rings. The van der Waals surface area contributed by atoms with E-state index in [9.17, 15) is 9.90 Å². The van der Waals surface area contributed by atoms with Gasteiger partial charge in [0.05, 0.1) is 18.1 Å². The minimum absolute atomic E-state index is 0.384. The first kappa shape index (κ1) is 14.0. The van der Waals surface area contributed by atoms with Crippen molar-refractivity contribution in [2.24, 2.45) is 11.7 Å². The van der Waals surface area contributed by atoms with Gasteiger partial charge in [-0.1, -0.05) is 24.3 Å². The van der Waals surface area contributed by atoms with E-state index in [-0.39, 0.29) is 5.97 Å². The van der Waals surface area contributed by atoms with Crippen LogP contribution in [-0.4, -0.2) is 22.8 Å². The van der Waals surface area contributed by atoms with Crippen LogP contribution in [-0.2, 0) is 16.0 Å². The molecule has 1 aliphatic carbocycles. The van der Waals surface area contributed by atoms with Crippen LogP contribution in [0.3, 0.4) is 0 Å². The Morgan fingerprint density at radius 2 is 2.00 bits per heavy atom. The second-order valence-electron chi connectivity index (χ2n) is 6.06. The van der Waals surface area contributed by atoms with Gasteiger partial charge in [0.2, 0.25) is 0 Å². The van der Waals surface area contributed by atoms with Gasteiger partial charge in [-0.25, -0.2) is 0 Å². The van der Waals surface area contributed by atoms with Crippen LogP contribution in [0.1, 0.15) is 37.9 Å². The van der Waals surface area contributed by atoms with Crippen molar-refractivity contribution in [3.05, 3.63) is 35.4 Å². The minimum Gasteiger partial charge on any atom is -0.460 e. The number of esters is 1. The van der Waals surface area contributed by atoms with Gasteiger partial charge in [0.15, 0.2) is 0 Å². The smallest absolute Gasteiger partial charge is 0.312 e. The van der Waals surface area contributed by atoms with E-state index in [1.807, 2.05) is 45.0 Å². The Hall–Kier alpha value is -1.39.